The van der Waals surface area contributed by atoms with Gasteiger partial charge in [-0.1, -0.05) is 13.0 Å². The molecule has 0 fully saturated rings. The summed E-state index contributed by atoms with van der Waals surface area (Å²) in [6.07, 6.45) is 1.01. The van der Waals surface area contributed by atoms with E-state index in [4.69, 9.17) is 17.0 Å². The molecule has 0 spiro atoms. The molecule has 1 aromatic carbocycles. The van der Waals surface area contributed by atoms with E-state index < -0.39 is 0 Å². The van der Waals surface area contributed by atoms with Crippen molar-refractivity contribution in [1.29, 1.82) is 0 Å². The summed E-state index contributed by atoms with van der Waals surface area (Å²) < 4.78 is 5.45. The second kappa shape index (κ2) is 6.59. The van der Waals surface area contributed by atoms with Gasteiger partial charge in [0.05, 0.1) is 6.61 Å². The molecule has 0 radical (unpaired) electrons. The summed E-state index contributed by atoms with van der Waals surface area (Å²) in [7, 11) is 0. The fourth-order valence-corrected chi connectivity index (χ4v) is 1.78. The topological polar surface area (TPSA) is 33.3 Å². The quantitative estimate of drug-likeness (QED) is 0.798. The number of thiocarbonyl (C=S) groups is 1. The molecular formula is C14H22N2OS. The SMILES string of the molecule is CCOc1cccc(NC(=S)NC(C)(C)CC)c1. The average molecular weight is 266 g/mol. The Kier molecular flexibility index (Phi) is 5.41. The normalized spacial score (nSPS) is 10.9. The van der Waals surface area contributed by atoms with Gasteiger partial charge in [0.25, 0.3) is 0 Å². The molecule has 100 valence electrons. The fourth-order valence-electron chi connectivity index (χ4n) is 1.39. The van der Waals surface area contributed by atoms with Gasteiger partial charge in [-0.05, 0) is 51.5 Å². The number of benzene rings is 1. The highest BCUT2D eigenvalue weighted by Crippen LogP contribution is 2.17. The standard InChI is InChI=1S/C14H22N2OS/c1-5-14(3,4)16-13(18)15-11-8-7-9-12(10-11)17-6-2/h7-10H,5-6H2,1-4H3,(H2,15,16,18). The van der Waals surface area contributed by atoms with Crippen molar-refractivity contribution in [2.45, 2.75) is 39.7 Å². The smallest absolute Gasteiger partial charge is 0.171 e. The van der Waals surface area contributed by atoms with Crippen LogP contribution in [0, 0.1) is 0 Å². The maximum absolute atomic E-state index is 5.45. The van der Waals surface area contributed by atoms with E-state index in [0.717, 1.165) is 17.9 Å². The zero-order valence-corrected chi connectivity index (χ0v) is 12.4. The molecule has 1 rings (SSSR count). The van der Waals surface area contributed by atoms with Gasteiger partial charge in [0.15, 0.2) is 5.11 Å². The fraction of sp³-hybridized carbons (Fsp3) is 0.500. The molecule has 0 unspecified atom stereocenters. The summed E-state index contributed by atoms with van der Waals surface area (Å²) in [4.78, 5) is 0. The first kappa shape index (κ1) is 14.8. The Morgan fingerprint density at radius 3 is 2.67 bits per heavy atom. The lowest BCUT2D eigenvalue weighted by Gasteiger charge is -2.26. The third kappa shape index (κ3) is 4.92. The minimum absolute atomic E-state index is 0.00160. The third-order valence-electron chi connectivity index (χ3n) is 2.74. The van der Waals surface area contributed by atoms with Crippen LogP contribution in [0.4, 0.5) is 5.69 Å². The molecule has 18 heavy (non-hydrogen) atoms. The van der Waals surface area contributed by atoms with E-state index in [2.05, 4.69) is 31.4 Å². The van der Waals surface area contributed by atoms with Gasteiger partial charge in [0, 0.05) is 17.3 Å². The zero-order valence-electron chi connectivity index (χ0n) is 11.5. The second-order valence-corrected chi connectivity index (χ2v) is 5.19. The van der Waals surface area contributed by atoms with Crippen LogP contribution in [0.5, 0.6) is 5.75 Å². The van der Waals surface area contributed by atoms with Crippen LogP contribution in [0.2, 0.25) is 0 Å². The molecule has 3 nitrogen and oxygen atoms in total. The van der Waals surface area contributed by atoms with E-state index in [-0.39, 0.29) is 5.54 Å². The summed E-state index contributed by atoms with van der Waals surface area (Å²) in [5, 5.41) is 7.09. The molecule has 1 aromatic rings. The Balaban J connectivity index is 2.61. The number of ether oxygens (including phenoxy) is 1. The van der Waals surface area contributed by atoms with Crippen LogP contribution in [0.1, 0.15) is 34.1 Å². The van der Waals surface area contributed by atoms with Crippen molar-refractivity contribution >= 4 is 23.0 Å². The van der Waals surface area contributed by atoms with Crippen molar-refractivity contribution in [3.8, 4) is 5.75 Å². The summed E-state index contributed by atoms with van der Waals surface area (Å²) >= 11 is 5.30. The van der Waals surface area contributed by atoms with Crippen LogP contribution in [-0.2, 0) is 0 Å². The number of hydrogen-bond donors (Lipinski definition) is 2. The molecule has 4 heteroatoms. The van der Waals surface area contributed by atoms with Gasteiger partial charge in [0.1, 0.15) is 5.75 Å². The Hall–Kier alpha value is -1.29. The lowest BCUT2D eigenvalue weighted by Crippen LogP contribution is -2.44. The average Bonchev–Trinajstić information content (AvgIpc) is 2.29. The molecule has 0 aliphatic heterocycles. The van der Waals surface area contributed by atoms with E-state index >= 15 is 0 Å². The van der Waals surface area contributed by atoms with Crippen molar-refractivity contribution in [2.24, 2.45) is 0 Å². The Bertz CT molecular complexity index is 405. The second-order valence-electron chi connectivity index (χ2n) is 4.78. The van der Waals surface area contributed by atoms with Crippen molar-refractivity contribution in [3.05, 3.63) is 24.3 Å². The molecule has 0 atom stereocenters. The van der Waals surface area contributed by atoms with Crippen LogP contribution in [0.15, 0.2) is 24.3 Å². The minimum Gasteiger partial charge on any atom is -0.494 e. The number of nitrogens with one attached hydrogen (secondary N) is 2. The summed E-state index contributed by atoms with van der Waals surface area (Å²) in [6.45, 7) is 9.01. The molecule has 0 aliphatic rings. The first-order chi connectivity index (χ1) is 8.46. The van der Waals surface area contributed by atoms with E-state index in [0.29, 0.717) is 11.7 Å². The van der Waals surface area contributed by atoms with Gasteiger partial charge in [0.2, 0.25) is 0 Å². The summed E-state index contributed by atoms with van der Waals surface area (Å²) in [5.41, 5.74) is 0.937. The summed E-state index contributed by atoms with van der Waals surface area (Å²) in [5.74, 6) is 0.847. The third-order valence-corrected chi connectivity index (χ3v) is 2.94. The van der Waals surface area contributed by atoms with Crippen LogP contribution in [-0.4, -0.2) is 17.3 Å². The zero-order chi connectivity index (χ0) is 13.6. The molecule has 0 aromatic heterocycles. The molecular weight excluding hydrogens is 244 g/mol. The Morgan fingerprint density at radius 2 is 2.06 bits per heavy atom. The maximum atomic E-state index is 5.45. The minimum atomic E-state index is 0.00160. The van der Waals surface area contributed by atoms with E-state index in [1.165, 1.54) is 0 Å². The maximum Gasteiger partial charge on any atom is 0.171 e. The number of rotatable bonds is 5. The molecule has 0 amide bonds. The predicted molar refractivity (Wildman–Crippen MR) is 81.3 cm³/mol. The van der Waals surface area contributed by atoms with Gasteiger partial charge in [-0.15, -0.1) is 0 Å². The monoisotopic (exact) mass is 266 g/mol. The van der Waals surface area contributed by atoms with Gasteiger partial charge in [-0.25, -0.2) is 0 Å². The highest BCUT2D eigenvalue weighted by atomic mass is 32.1. The molecule has 0 aliphatic carbocycles. The van der Waals surface area contributed by atoms with E-state index in [1.807, 2.05) is 31.2 Å². The number of hydrogen-bond acceptors (Lipinski definition) is 2. The van der Waals surface area contributed by atoms with Gasteiger partial charge in [-0.3, -0.25) is 0 Å². The lowest BCUT2D eigenvalue weighted by molar-refractivity contribution is 0.340. The predicted octanol–water partition coefficient (Wildman–Crippen LogP) is 3.56. The lowest BCUT2D eigenvalue weighted by atomic mass is 10.0. The first-order valence-corrected chi connectivity index (χ1v) is 6.69. The van der Waals surface area contributed by atoms with Crippen molar-refractivity contribution in [2.75, 3.05) is 11.9 Å². The molecule has 0 bridgehead atoms. The Labute approximate surface area is 115 Å². The molecule has 0 saturated heterocycles. The van der Waals surface area contributed by atoms with Crippen molar-refractivity contribution < 1.29 is 4.74 Å². The molecule has 0 saturated carbocycles. The highest BCUT2D eigenvalue weighted by Gasteiger charge is 2.15. The first-order valence-electron chi connectivity index (χ1n) is 6.29. The highest BCUT2D eigenvalue weighted by molar-refractivity contribution is 7.80. The van der Waals surface area contributed by atoms with Crippen LogP contribution in [0.25, 0.3) is 0 Å². The number of anilines is 1. The molecule has 2 N–H and O–H groups in total. The van der Waals surface area contributed by atoms with E-state index in [1.54, 1.807) is 0 Å². The molecule has 0 heterocycles. The van der Waals surface area contributed by atoms with Gasteiger partial charge in [-0.2, -0.15) is 0 Å². The van der Waals surface area contributed by atoms with Crippen LogP contribution >= 0.6 is 12.2 Å². The van der Waals surface area contributed by atoms with Crippen molar-refractivity contribution in [1.82, 2.24) is 5.32 Å². The van der Waals surface area contributed by atoms with Gasteiger partial charge >= 0.3 is 0 Å². The van der Waals surface area contributed by atoms with Crippen LogP contribution in [0.3, 0.4) is 0 Å². The van der Waals surface area contributed by atoms with Crippen LogP contribution < -0.4 is 15.4 Å². The summed E-state index contributed by atoms with van der Waals surface area (Å²) in [6, 6.07) is 7.79. The van der Waals surface area contributed by atoms with Crippen molar-refractivity contribution in [3.63, 3.8) is 0 Å². The largest absolute Gasteiger partial charge is 0.494 e. The Morgan fingerprint density at radius 1 is 1.33 bits per heavy atom. The van der Waals surface area contributed by atoms with Gasteiger partial charge < -0.3 is 15.4 Å². The van der Waals surface area contributed by atoms with E-state index in [9.17, 15) is 0 Å².